The fourth-order valence-corrected chi connectivity index (χ4v) is 17.3. The van der Waals surface area contributed by atoms with E-state index in [1.807, 2.05) is 0 Å². The molecule has 3 heteroatoms. The second-order valence-corrected chi connectivity index (χ2v) is 20.1. The number of rotatable bonds is 1. The highest BCUT2D eigenvalue weighted by molar-refractivity contribution is 6.27. The second kappa shape index (κ2) is 7.67. The molecule has 4 aromatic heterocycles. The van der Waals surface area contributed by atoms with Gasteiger partial charge in [0.1, 0.15) is 0 Å². The molecule has 6 aromatic rings. The summed E-state index contributed by atoms with van der Waals surface area (Å²) in [6, 6.07) is 16.7. The third-order valence-corrected chi connectivity index (χ3v) is 18.9. The van der Waals surface area contributed by atoms with Gasteiger partial charge >= 0.3 is 0 Å². The van der Waals surface area contributed by atoms with Gasteiger partial charge in [-0.3, -0.25) is 9.97 Å². The molecule has 9 aliphatic carbocycles. The van der Waals surface area contributed by atoms with Gasteiger partial charge in [0.2, 0.25) is 0 Å². The molecular formula is C47H43N3. The molecule has 7 fully saturated rings. The lowest BCUT2D eigenvalue weighted by molar-refractivity contribution is 0.00321. The molecule has 12 unspecified atom stereocenters. The summed E-state index contributed by atoms with van der Waals surface area (Å²) in [5, 5.41) is 6.39. The minimum atomic E-state index is 0.561. The zero-order chi connectivity index (χ0) is 31.6. The van der Waals surface area contributed by atoms with Gasteiger partial charge in [-0.1, -0.05) is 30.3 Å². The summed E-state index contributed by atoms with van der Waals surface area (Å²) >= 11 is 0. The predicted molar refractivity (Wildman–Crippen MR) is 197 cm³/mol. The highest BCUT2D eigenvalue weighted by Gasteiger charge is 2.67. The molecule has 0 saturated heterocycles. The molecule has 10 aliphatic rings. The van der Waals surface area contributed by atoms with E-state index in [0.717, 1.165) is 23.7 Å². The van der Waals surface area contributed by atoms with Gasteiger partial charge in [0.15, 0.2) is 0 Å². The van der Waals surface area contributed by atoms with E-state index >= 15 is 0 Å². The van der Waals surface area contributed by atoms with Gasteiger partial charge in [0, 0.05) is 56.6 Å². The van der Waals surface area contributed by atoms with E-state index in [9.17, 15) is 0 Å². The highest BCUT2D eigenvalue weighted by atomic mass is 15.0. The monoisotopic (exact) mass is 649 g/mol. The van der Waals surface area contributed by atoms with E-state index in [4.69, 9.17) is 9.97 Å². The first-order valence-electron chi connectivity index (χ1n) is 20.8. The van der Waals surface area contributed by atoms with Crippen LogP contribution in [0, 0.1) is 34.5 Å². The molecule has 50 heavy (non-hydrogen) atoms. The molecule has 16 rings (SSSR count). The Kier molecular flexibility index (Phi) is 3.91. The molecule has 3 nitrogen and oxygen atoms in total. The first-order valence-corrected chi connectivity index (χ1v) is 20.8. The summed E-state index contributed by atoms with van der Waals surface area (Å²) in [5.74, 6) is 7.78. The van der Waals surface area contributed by atoms with Crippen LogP contribution in [-0.2, 0) is 0 Å². The molecule has 0 N–H and O–H groups in total. The Balaban J connectivity index is 1.13. The molecular weight excluding hydrogens is 607 g/mol. The molecule has 0 amide bonds. The summed E-state index contributed by atoms with van der Waals surface area (Å²) in [6.07, 6.45) is 18.2. The van der Waals surface area contributed by atoms with Crippen molar-refractivity contribution in [2.75, 3.05) is 0 Å². The summed E-state index contributed by atoms with van der Waals surface area (Å²) in [5.41, 5.74) is 18.2. The van der Waals surface area contributed by atoms with Crippen molar-refractivity contribution in [1.29, 1.82) is 0 Å². The number of benzene rings is 2. The van der Waals surface area contributed by atoms with Crippen LogP contribution < -0.4 is 0 Å². The summed E-state index contributed by atoms with van der Waals surface area (Å²) in [6.45, 7) is 0. The Bertz CT molecular complexity index is 2480. The Morgan fingerprint density at radius 2 is 0.980 bits per heavy atom. The van der Waals surface area contributed by atoms with E-state index in [1.165, 1.54) is 123 Å². The van der Waals surface area contributed by atoms with Crippen LogP contribution in [0.15, 0.2) is 42.5 Å². The van der Waals surface area contributed by atoms with Crippen molar-refractivity contribution in [3.8, 4) is 11.1 Å². The van der Waals surface area contributed by atoms with Crippen molar-refractivity contribution >= 4 is 38.1 Å². The Morgan fingerprint density at radius 3 is 1.52 bits per heavy atom. The van der Waals surface area contributed by atoms with Gasteiger partial charge in [0.25, 0.3) is 0 Å². The number of nitrogens with zero attached hydrogens (tertiary/aromatic N) is 3. The number of pyridine rings is 2. The fraction of sp³-hybridized carbons (Fsp3) is 0.532. The molecule has 246 valence electrons. The molecule has 5 heterocycles. The average molecular weight is 650 g/mol. The van der Waals surface area contributed by atoms with Crippen LogP contribution in [0.4, 0.5) is 0 Å². The van der Waals surface area contributed by atoms with Crippen LogP contribution in [0.1, 0.15) is 153 Å². The van der Waals surface area contributed by atoms with Crippen molar-refractivity contribution in [2.45, 2.75) is 119 Å². The van der Waals surface area contributed by atoms with Gasteiger partial charge < -0.3 is 4.40 Å². The van der Waals surface area contributed by atoms with Crippen LogP contribution in [0.3, 0.4) is 0 Å². The van der Waals surface area contributed by atoms with Crippen LogP contribution in [-0.4, -0.2) is 14.4 Å². The maximum Gasteiger partial charge on any atom is 0.0764 e. The normalized spacial score (nSPS) is 42.7. The zero-order valence-corrected chi connectivity index (χ0v) is 28.8. The van der Waals surface area contributed by atoms with Crippen LogP contribution in [0.2, 0.25) is 0 Å². The van der Waals surface area contributed by atoms with Gasteiger partial charge in [-0.2, -0.15) is 0 Å². The zero-order valence-electron chi connectivity index (χ0n) is 28.8. The minimum absolute atomic E-state index is 0.561. The van der Waals surface area contributed by atoms with Crippen LogP contribution in [0.5, 0.6) is 0 Å². The Morgan fingerprint density at radius 1 is 0.480 bits per heavy atom. The van der Waals surface area contributed by atoms with Crippen molar-refractivity contribution in [2.24, 2.45) is 34.5 Å². The number of hydrogen-bond donors (Lipinski definition) is 0. The quantitative estimate of drug-likeness (QED) is 0.177. The van der Waals surface area contributed by atoms with E-state index in [0.29, 0.717) is 46.3 Å². The van der Waals surface area contributed by atoms with Gasteiger partial charge in [-0.25, -0.2) is 0 Å². The Hall–Kier alpha value is -3.46. The first kappa shape index (κ1) is 25.5. The molecule has 8 bridgehead atoms. The molecule has 7 saturated carbocycles. The standard InChI is InChI=1S/C47H43N3/c1-2-4-21(5-3-1)24-13-33-37-35-25-9-29-15-31-11-27(19-46(29,31)17-25)39(35)48-41-22-6-7-23(8-22)42-45-38(34(14-24)43(33)50(45)44(37)41)36-26-10-30-16-32-12-28(40(36)49-42)20-47(30,32)18-26/h1-5,13-14,22-23,25-32H,6-12,15-20H2. The van der Waals surface area contributed by atoms with Crippen LogP contribution >= 0.6 is 0 Å². The largest absolute Gasteiger partial charge is 0.304 e. The molecule has 1 aliphatic heterocycles. The van der Waals surface area contributed by atoms with Crippen molar-refractivity contribution in [1.82, 2.24) is 14.4 Å². The lowest BCUT2D eigenvalue weighted by Crippen LogP contribution is -2.41. The minimum Gasteiger partial charge on any atom is -0.304 e. The van der Waals surface area contributed by atoms with E-state index in [1.54, 1.807) is 44.1 Å². The topological polar surface area (TPSA) is 30.2 Å². The van der Waals surface area contributed by atoms with E-state index < -0.39 is 0 Å². The third kappa shape index (κ3) is 2.45. The molecule has 0 radical (unpaired) electrons. The lowest BCUT2D eigenvalue weighted by Gasteiger charge is -2.48. The van der Waals surface area contributed by atoms with Crippen LogP contribution in [0.25, 0.3) is 49.2 Å². The van der Waals surface area contributed by atoms with Gasteiger partial charge in [-0.05, 0) is 164 Å². The smallest absolute Gasteiger partial charge is 0.0764 e. The summed E-state index contributed by atoms with van der Waals surface area (Å²) < 4.78 is 2.86. The van der Waals surface area contributed by atoms with E-state index in [-0.39, 0.29) is 0 Å². The number of hydrogen-bond acceptors (Lipinski definition) is 2. The summed E-state index contributed by atoms with van der Waals surface area (Å²) in [4.78, 5) is 12.1. The Labute approximate surface area is 292 Å². The molecule has 12 atom stereocenters. The molecule has 2 spiro atoms. The lowest BCUT2D eigenvalue weighted by atomic mass is 9.56. The highest BCUT2D eigenvalue weighted by Crippen LogP contribution is 2.78. The SMILES string of the molecule is c1ccc(-c2cc3c4c5c(nc6c4n4c7c(nc8c(c7c(c2)c34)C2CC3CC4CC8CC43C2)C2CCC6C2)C2CC3CC4CC5CC34C2)cc1. The van der Waals surface area contributed by atoms with Crippen molar-refractivity contribution < 1.29 is 0 Å². The molecule has 2 aromatic carbocycles. The first-order chi connectivity index (χ1) is 24.6. The van der Waals surface area contributed by atoms with Gasteiger partial charge in [0.05, 0.1) is 27.9 Å². The van der Waals surface area contributed by atoms with E-state index in [2.05, 4.69) is 46.9 Å². The van der Waals surface area contributed by atoms with Crippen molar-refractivity contribution in [3.63, 3.8) is 0 Å². The fourth-order valence-electron chi connectivity index (χ4n) is 17.3. The predicted octanol–water partition coefficient (Wildman–Crippen LogP) is 11.4. The summed E-state index contributed by atoms with van der Waals surface area (Å²) in [7, 11) is 0. The maximum absolute atomic E-state index is 6.07. The number of fused-ring (bicyclic) bond motifs is 18. The number of aromatic nitrogens is 3. The maximum atomic E-state index is 6.07. The third-order valence-electron chi connectivity index (χ3n) is 18.9. The average Bonchev–Trinajstić information content (AvgIpc) is 3.98. The van der Waals surface area contributed by atoms with Crippen molar-refractivity contribution in [3.05, 3.63) is 76.4 Å². The van der Waals surface area contributed by atoms with Gasteiger partial charge in [-0.15, -0.1) is 0 Å². The second-order valence-electron chi connectivity index (χ2n) is 20.1.